The van der Waals surface area contributed by atoms with Crippen LogP contribution in [0.4, 0.5) is 4.79 Å². The number of rotatable bonds is 27. The molecule has 60 heavy (non-hydrogen) atoms. The van der Waals surface area contributed by atoms with Crippen LogP contribution >= 0.6 is 0 Å². The first kappa shape index (κ1) is 67.3. The number of hydroxylamine groups is 1. The van der Waals surface area contributed by atoms with Crippen molar-refractivity contribution in [3.63, 3.8) is 0 Å². The van der Waals surface area contributed by atoms with Crippen molar-refractivity contribution < 1.29 is 69.4 Å². The summed E-state index contributed by atoms with van der Waals surface area (Å²) < 4.78 is 0. The second kappa shape index (κ2) is 48.9. The predicted octanol–water partition coefficient (Wildman–Crippen LogP) is -4.38. The maximum atomic E-state index is 10.3. The monoisotopic (exact) mass is 943 g/mol. The first-order chi connectivity index (χ1) is 27.9. The number of urea groups is 1. The van der Waals surface area contributed by atoms with Gasteiger partial charge >= 0.3 is 96.0 Å². The quantitative estimate of drug-likeness (QED) is 0.0122. The largest absolute Gasteiger partial charge is 0.480 e. The van der Waals surface area contributed by atoms with Crippen molar-refractivity contribution in [1.29, 1.82) is 0 Å². The number of hydrogen-bond acceptors (Lipinski definition) is 17. The normalized spacial score (nSPS) is 12.2. The molecule has 0 aliphatic carbocycles. The molecule has 0 bridgehead atoms. The number of likely N-dealkylation sites (N-methyl/N-ethyl adjacent to an activating group) is 1. The third-order valence-corrected chi connectivity index (χ3v) is 7.88. The van der Waals surface area contributed by atoms with Gasteiger partial charge in [-0.3, -0.25) is 29.0 Å². The molecule has 3 unspecified atom stereocenters. The van der Waals surface area contributed by atoms with Gasteiger partial charge < -0.3 is 87.2 Å². The maximum absolute atomic E-state index is 10.3. The zero-order valence-corrected chi connectivity index (χ0v) is 36.2. The van der Waals surface area contributed by atoms with Gasteiger partial charge in [-0.1, -0.05) is 0 Å². The third-order valence-electron chi connectivity index (χ3n) is 6.53. The maximum Gasteiger partial charge on any atom is 0.320 e. The molecule has 0 aromatic carbocycles. The molecule has 0 saturated carbocycles. The Morgan fingerprint density at radius 2 is 0.967 bits per heavy atom. The number of hydrogen-bond donors (Lipinski definition) is 19. The molecule has 356 valence electrons. The molecular weight excluding hydrogens is 869 g/mol. The van der Waals surface area contributed by atoms with E-state index >= 15 is 0 Å². The molecule has 0 spiro atoms. The van der Waals surface area contributed by atoms with Gasteiger partial charge in [0, 0.05) is 19.6 Å². The number of unbranched alkanes of at least 4 members (excludes halogenated alkanes) is 2. The number of primary amides is 1. The van der Waals surface area contributed by atoms with Crippen LogP contribution in [0.2, 0.25) is 11.1 Å². The summed E-state index contributed by atoms with van der Waals surface area (Å²) in [7, 11) is 1.59. The summed E-state index contributed by atoms with van der Waals surface area (Å²) in [4.78, 5) is 74.2. The van der Waals surface area contributed by atoms with E-state index in [-0.39, 0.29) is 12.5 Å². The van der Waals surface area contributed by atoms with E-state index in [4.69, 9.17) is 87.4 Å². The number of guanidine groups is 1. The van der Waals surface area contributed by atoms with Gasteiger partial charge in [0.05, 0.1) is 6.54 Å². The number of nitrogens with zero attached hydrogens (tertiary/aromatic N) is 1. The van der Waals surface area contributed by atoms with Gasteiger partial charge in [0.2, 0.25) is 0 Å². The molecule has 0 fully saturated rings. The van der Waals surface area contributed by atoms with Crippen LogP contribution in [-0.4, -0.2) is 169 Å². The van der Waals surface area contributed by atoms with Gasteiger partial charge in [-0.15, -0.1) is 0 Å². The van der Waals surface area contributed by atoms with Crippen molar-refractivity contribution in [1.82, 2.24) is 16.1 Å². The zero-order valence-electron chi connectivity index (χ0n) is 34.4. The van der Waals surface area contributed by atoms with Crippen LogP contribution < -0.4 is 67.7 Å². The van der Waals surface area contributed by atoms with Crippen molar-refractivity contribution in [2.75, 3.05) is 39.8 Å². The average Bonchev–Trinajstić information content (AvgIpc) is 3.16. The summed E-state index contributed by atoms with van der Waals surface area (Å²) in [6.45, 7) is 1.90. The van der Waals surface area contributed by atoms with Gasteiger partial charge in [0.15, 0.2) is 5.96 Å². The third kappa shape index (κ3) is 65.4. The van der Waals surface area contributed by atoms with E-state index < -0.39 is 72.1 Å². The minimum atomic E-state index is -1.03. The first-order valence-corrected chi connectivity index (χ1v) is 21.2. The number of nitrogens with one attached hydrogen (secondary N) is 3. The van der Waals surface area contributed by atoms with Crippen LogP contribution in [0.25, 0.3) is 0 Å². The van der Waals surface area contributed by atoms with Crippen molar-refractivity contribution in [2.24, 2.45) is 56.6 Å². The Balaban J connectivity index is -0.000000148. The van der Waals surface area contributed by atoms with Gasteiger partial charge in [0.1, 0.15) is 24.2 Å². The fraction of sp³-hybridized carbons (Fsp3) is 0.750. The van der Waals surface area contributed by atoms with Gasteiger partial charge in [-0.2, -0.15) is 0 Å². The summed E-state index contributed by atoms with van der Waals surface area (Å²) in [6.07, 6.45) is 6.41. The smallest absolute Gasteiger partial charge is 0.320 e. The van der Waals surface area contributed by atoms with E-state index in [9.17, 15) is 33.6 Å². The minimum Gasteiger partial charge on any atom is -0.480 e. The Hall–Kier alpha value is -4.48. The molecule has 0 aromatic rings. The standard InChI is InChI=1S/C7H16N4O2.C6H13N3O3.C6H14N2O3.C5H12N2O2.C5H11NO2Se.C3H7NO2/c8-5(6(12)13)3-1-2-4-11-7(9)10;7-4(5(10)11)2-1-3-9-6(8)12;7-5(6(9)10)3-1-2-4-8-11;6-3-1-2-4(7)5(8)9;1-9-3-2-4(6)5(7)8;1-4-2-3(5)6/h5H,1-4,8H2,(H,12,13)(H4,9,10,11);4H,1-3,7H2,(H,10,11)(H3,8,9,12);5,8,11H,1-4,7H2,(H,9,10);4H,1-3,6-7H2,(H,8,9);4H,2-3,6H2,1H3,(H,7,8);4H,2H2,1H3,(H,5,6)/t;4-;5-;;;/m.00.../s1. The molecule has 0 heterocycles. The van der Waals surface area contributed by atoms with Crippen LogP contribution in [0.1, 0.15) is 70.6 Å². The fourth-order valence-corrected chi connectivity index (χ4v) is 4.16. The number of carboxylic acids is 6. The van der Waals surface area contributed by atoms with E-state index in [1.165, 1.54) is 0 Å². The summed E-state index contributed by atoms with van der Waals surface area (Å²) in [6, 6.07) is -4.41. The summed E-state index contributed by atoms with van der Waals surface area (Å²) >= 11 is 0.549. The number of carbonyl (C=O) groups excluding carboxylic acids is 1. The molecule has 27 nitrogen and oxygen atoms in total. The van der Waals surface area contributed by atoms with Crippen LogP contribution in [-0.2, 0) is 28.8 Å². The summed E-state index contributed by atoms with van der Waals surface area (Å²) in [5.74, 6) is -3.51. The van der Waals surface area contributed by atoms with Crippen molar-refractivity contribution in [2.45, 2.75) is 112 Å². The van der Waals surface area contributed by atoms with Crippen molar-refractivity contribution in [3.8, 4) is 0 Å². The molecule has 0 radical (unpaired) electrons. The SMILES string of the molecule is CNCC(=O)O.C[Se]CCC(N)C(=O)O.NC(=O)NCCC[C@H](N)C(=O)O.NC(N)=NCCCCC(N)C(=O)O.NCCCC(N)C(=O)O.N[C@@H](CCCCNO)C(=O)O. The Morgan fingerprint density at radius 1 is 0.583 bits per heavy atom. The molecule has 28 heteroatoms. The zero-order chi connectivity index (χ0) is 48.1. The molecule has 0 aliphatic heterocycles. The minimum absolute atomic E-state index is 0.0417. The van der Waals surface area contributed by atoms with E-state index in [0.29, 0.717) is 98.9 Å². The summed E-state index contributed by atoms with van der Waals surface area (Å²) in [5.41, 5.74) is 48.1. The average molecular weight is 943 g/mol. The van der Waals surface area contributed by atoms with Crippen LogP contribution in [0, 0.1) is 0 Å². The Morgan fingerprint density at radius 3 is 1.27 bits per heavy atom. The molecule has 5 atom stereocenters. The molecular formula is C32H73N13O14Se. The number of aliphatic carboxylic acids is 6. The second-order valence-electron chi connectivity index (χ2n) is 12.0. The Bertz CT molecular complexity index is 1140. The second-order valence-corrected chi connectivity index (χ2v) is 14.1. The van der Waals surface area contributed by atoms with Crippen LogP contribution in [0.5, 0.6) is 0 Å². The van der Waals surface area contributed by atoms with E-state index in [1.807, 2.05) is 5.48 Å². The topological polar surface area (TPSA) is 544 Å². The number of carbonyl (C=O) groups is 7. The number of aliphatic imine (C=N–C) groups is 1. The van der Waals surface area contributed by atoms with E-state index in [0.717, 1.165) is 18.2 Å². The Labute approximate surface area is 356 Å². The molecule has 0 saturated heterocycles. The number of amides is 2. The van der Waals surface area contributed by atoms with Crippen molar-refractivity contribution >= 4 is 62.8 Å². The predicted molar refractivity (Wildman–Crippen MR) is 224 cm³/mol. The molecule has 0 aliphatic rings. The van der Waals surface area contributed by atoms with Gasteiger partial charge in [-0.25, -0.2) is 10.3 Å². The molecule has 0 aromatic heterocycles. The first-order valence-electron chi connectivity index (χ1n) is 18.3. The van der Waals surface area contributed by atoms with E-state index in [2.05, 4.69) is 21.4 Å². The fourth-order valence-electron chi connectivity index (χ4n) is 3.14. The molecule has 2 amide bonds. The number of carboxylic acid groups (broad SMARTS) is 6. The van der Waals surface area contributed by atoms with Crippen LogP contribution in [0.3, 0.4) is 0 Å². The molecule has 0 rings (SSSR count). The van der Waals surface area contributed by atoms with Gasteiger partial charge in [0.25, 0.3) is 0 Å². The van der Waals surface area contributed by atoms with Crippen LogP contribution in [0.15, 0.2) is 4.99 Å². The molecule has 28 N–H and O–H groups in total. The Kier molecular flexibility index (Phi) is 54.8. The van der Waals surface area contributed by atoms with Crippen molar-refractivity contribution in [3.05, 3.63) is 0 Å². The van der Waals surface area contributed by atoms with E-state index in [1.54, 1.807) is 7.05 Å². The number of nitrogens with two attached hydrogens (primary N) is 9. The van der Waals surface area contributed by atoms with Gasteiger partial charge in [-0.05, 0) is 77.8 Å². The summed E-state index contributed by atoms with van der Waals surface area (Å²) in [5, 5.41) is 63.4.